The van der Waals surface area contributed by atoms with E-state index in [-0.39, 0.29) is 0 Å². The third-order valence-corrected chi connectivity index (χ3v) is 3.48. The van der Waals surface area contributed by atoms with E-state index in [1.165, 1.54) is 0 Å². The molecule has 0 radical (unpaired) electrons. The van der Waals surface area contributed by atoms with Crippen molar-refractivity contribution in [2.24, 2.45) is 0 Å². The Morgan fingerprint density at radius 3 is 2.86 bits per heavy atom. The summed E-state index contributed by atoms with van der Waals surface area (Å²) in [5, 5.41) is 0. The third-order valence-electron chi connectivity index (χ3n) is 3.48. The normalized spacial score (nSPS) is 11.0. The molecule has 0 aromatic carbocycles. The number of pyridine rings is 1. The van der Waals surface area contributed by atoms with Crippen molar-refractivity contribution in [3.8, 4) is 0 Å². The van der Waals surface area contributed by atoms with Crippen molar-refractivity contribution in [3.63, 3.8) is 0 Å². The van der Waals surface area contributed by atoms with Crippen LogP contribution in [0.25, 0.3) is 11.0 Å². The number of imidazole rings is 1. The molecule has 0 aliphatic heterocycles. The average molecular weight is 282 g/mol. The molecule has 0 aliphatic rings. The predicted octanol–water partition coefficient (Wildman–Crippen LogP) is 2.19. The number of anilines is 1. The minimum absolute atomic E-state index is 0.683. The molecule has 0 unspecified atom stereocenters. The van der Waals surface area contributed by atoms with E-state index < -0.39 is 0 Å². The second kappa shape index (κ2) is 5.47. The second-order valence-corrected chi connectivity index (χ2v) is 5.00. The molecule has 6 nitrogen and oxygen atoms in total. The van der Waals surface area contributed by atoms with Gasteiger partial charge in [0.05, 0.1) is 12.1 Å². The maximum atomic E-state index is 4.57. The highest BCUT2D eigenvalue weighted by molar-refractivity contribution is 5.85. The third kappa shape index (κ3) is 2.56. The molecule has 0 saturated heterocycles. The fourth-order valence-electron chi connectivity index (χ4n) is 2.37. The van der Waals surface area contributed by atoms with Gasteiger partial charge in [-0.2, -0.15) is 0 Å². The Hall–Kier alpha value is -2.50. The van der Waals surface area contributed by atoms with Crippen LogP contribution in [0.15, 0.2) is 30.9 Å². The molecular formula is C15H18N6. The molecule has 0 saturated carbocycles. The van der Waals surface area contributed by atoms with Crippen LogP contribution in [0.1, 0.15) is 18.4 Å². The first-order valence-electron chi connectivity index (χ1n) is 6.98. The molecule has 3 heterocycles. The SMILES string of the molecule is CCn1ccnc1CN(C)c1ncnc2ccc(C)nc12. The van der Waals surface area contributed by atoms with Crippen molar-refractivity contribution >= 4 is 16.9 Å². The van der Waals surface area contributed by atoms with E-state index in [0.717, 1.165) is 34.9 Å². The zero-order valence-corrected chi connectivity index (χ0v) is 12.5. The van der Waals surface area contributed by atoms with Gasteiger partial charge in [0.2, 0.25) is 0 Å². The Balaban J connectivity index is 1.98. The Kier molecular flexibility index (Phi) is 3.51. The van der Waals surface area contributed by atoms with Gasteiger partial charge < -0.3 is 9.47 Å². The Labute approximate surface area is 123 Å². The molecule has 3 aromatic heterocycles. The smallest absolute Gasteiger partial charge is 0.158 e. The summed E-state index contributed by atoms with van der Waals surface area (Å²) in [6.07, 6.45) is 5.40. The lowest BCUT2D eigenvalue weighted by Crippen LogP contribution is -2.21. The van der Waals surface area contributed by atoms with Gasteiger partial charge in [-0.05, 0) is 26.0 Å². The summed E-state index contributed by atoms with van der Waals surface area (Å²) in [5.41, 5.74) is 2.65. The molecule has 0 fully saturated rings. The summed E-state index contributed by atoms with van der Waals surface area (Å²) in [5.74, 6) is 1.84. The number of rotatable bonds is 4. The number of hydrogen-bond acceptors (Lipinski definition) is 5. The molecule has 3 rings (SSSR count). The number of aryl methyl sites for hydroxylation is 2. The highest BCUT2D eigenvalue weighted by Crippen LogP contribution is 2.21. The van der Waals surface area contributed by atoms with Gasteiger partial charge in [-0.15, -0.1) is 0 Å². The lowest BCUT2D eigenvalue weighted by molar-refractivity contribution is 0.683. The molecule has 0 amide bonds. The van der Waals surface area contributed by atoms with Gasteiger partial charge in [-0.1, -0.05) is 0 Å². The maximum absolute atomic E-state index is 4.57. The quantitative estimate of drug-likeness (QED) is 0.734. The van der Waals surface area contributed by atoms with Gasteiger partial charge in [0.25, 0.3) is 0 Å². The highest BCUT2D eigenvalue weighted by atomic mass is 15.2. The summed E-state index contributed by atoms with van der Waals surface area (Å²) in [4.78, 5) is 19.7. The molecule has 0 aliphatic carbocycles. The fraction of sp³-hybridized carbons (Fsp3) is 0.333. The molecule has 0 atom stereocenters. The van der Waals surface area contributed by atoms with E-state index in [0.29, 0.717) is 6.54 Å². The fourth-order valence-corrected chi connectivity index (χ4v) is 2.37. The molecule has 21 heavy (non-hydrogen) atoms. The van der Waals surface area contributed by atoms with Crippen molar-refractivity contribution < 1.29 is 0 Å². The van der Waals surface area contributed by atoms with Crippen molar-refractivity contribution in [3.05, 3.63) is 42.4 Å². The number of nitrogens with zero attached hydrogens (tertiary/aromatic N) is 6. The average Bonchev–Trinajstić information content (AvgIpc) is 2.93. The van der Waals surface area contributed by atoms with Crippen molar-refractivity contribution in [1.82, 2.24) is 24.5 Å². The van der Waals surface area contributed by atoms with Crippen molar-refractivity contribution in [1.29, 1.82) is 0 Å². The van der Waals surface area contributed by atoms with Crippen molar-refractivity contribution in [2.45, 2.75) is 26.9 Å². The molecule has 108 valence electrons. The predicted molar refractivity (Wildman–Crippen MR) is 82.1 cm³/mol. The first-order chi connectivity index (χ1) is 10.2. The van der Waals surface area contributed by atoms with Gasteiger partial charge in [0.15, 0.2) is 5.82 Å². The van der Waals surface area contributed by atoms with Gasteiger partial charge in [-0.3, -0.25) is 0 Å². The molecule has 0 spiro atoms. The van der Waals surface area contributed by atoms with Crippen LogP contribution in [0, 0.1) is 6.92 Å². The van der Waals surface area contributed by atoms with E-state index in [4.69, 9.17) is 0 Å². The first-order valence-corrected chi connectivity index (χ1v) is 6.98. The standard InChI is InChI=1S/C15H18N6/c1-4-21-8-7-16-13(21)9-20(3)15-14-12(17-10-18-15)6-5-11(2)19-14/h5-8,10H,4,9H2,1-3H3. The van der Waals surface area contributed by atoms with E-state index in [9.17, 15) is 0 Å². The lowest BCUT2D eigenvalue weighted by atomic mass is 10.3. The number of fused-ring (bicyclic) bond motifs is 1. The zero-order chi connectivity index (χ0) is 14.8. The summed E-state index contributed by atoms with van der Waals surface area (Å²) in [7, 11) is 2.00. The number of hydrogen-bond donors (Lipinski definition) is 0. The van der Waals surface area contributed by atoms with Crippen LogP contribution in [0.5, 0.6) is 0 Å². The molecule has 3 aromatic rings. The number of aromatic nitrogens is 5. The lowest BCUT2D eigenvalue weighted by Gasteiger charge is -2.19. The summed E-state index contributed by atoms with van der Waals surface area (Å²) in [6, 6.07) is 3.94. The van der Waals surface area contributed by atoms with Crippen LogP contribution in [0.3, 0.4) is 0 Å². The van der Waals surface area contributed by atoms with Crippen LogP contribution >= 0.6 is 0 Å². The first kappa shape index (κ1) is 13.5. The van der Waals surface area contributed by atoms with Crippen LogP contribution in [-0.4, -0.2) is 31.6 Å². The molecule has 0 N–H and O–H groups in total. The van der Waals surface area contributed by atoms with Crippen LogP contribution in [0.2, 0.25) is 0 Å². The van der Waals surface area contributed by atoms with E-state index in [2.05, 4.69) is 36.3 Å². The molecule has 0 bridgehead atoms. The van der Waals surface area contributed by atoms with Crippen LogP contribution in [0.4, 0.5) is 5.82 Å². The van der Waals surface area contributed by atoms with Gasteiger partial charge in [-0.25, -0.2) is 19.9 Å². The highest BCUT2D eigenvalue weighted by Gasteiger charge is 2.12. The van der Waals surface area contributed by atoms with Gasteiger partial charge in [0.1, 0.15) is 17.7 Å². The largest absolute Gasteiger partial charge is 0.350 e. The topological polar surface area (TPSA) is 59.7 Å². The van der Waals surface area contributed by atoms with Crippen LogP contribution < -0.4 is 4.90 Å². The monoisotopic (exact) mass is 282 g/mol. The minimum Gasteiger partial charge on any atom is -0.350 e. The second-order valence-electron chi connectivity index (χ2n) is 5.00. The zero-order valence-electron chi connectivity index (χ0n) is 12.5. The van der Waals surface area contributed by atoms with Gasteiger partial charge in [0, 0.05) is 31.7 Å². The van der Waals surface area contributed by atoms with E-state index >= 15 is 0 Å². The van der Waals surface area contributed by atoms with Crippen molar-refractivity contribution in [2.75, 3.05) is 11.9 Å². The Morgan fingerprint density at radius 1 is 1.19 bits per heavy atom. The van der Waals surface area contributed by atoms with Gasteiger partial charge >= 0.3 is 0 Å². The minimum atomic E-state index is 0.683. The summed E-state index contributed by atoms with van der Waals surface area (Å²) in [6.45, 7) is 5.67. The molecule has 6 heteroatoms. The maximum Gasteiger partial charge on any atom is 0.158 e. The summed E-state index contributed by atoms with van der Waals surface area (Å²) < 4.78 is 2.12. The molecular weight excluding hydrogens is 264 g/mol. The van der Waals surface area contributed by atoms with E-state index in [1.54, 1.807) is 6.33 Å². The Morgan fingerprint density at radius 2 is 2.05 bits per heavy atom. The van der Waals surface area contributed by atoms with E-state index in [1.807, 2.05) is 38.5 Å². The summed E-state index contributed by atoms with van der Waals surface area (Å²) >= 11 is 0. The van der Waals surface area contributed by atoms with Crippen LogP contribution in [-0.2, 0) is 13.1 Å². The Bertz CT molecular complexity index is 764.